The Balaban J connectivity index is 1.70. The van der Waals surface area contributed by atoms with E-state index in [1.165, 1.54) is 17.0 Å². The fourth-order valence-corrected chi connectivity index (χ4v) is 5.08. The van der Waals surface area contributed by atoms with Gasteiger partial charge < -0.3 is 9.47 Å². The van der Waals surface area contributed by atoms with E-state index >= 15 is 0 Å². The van der Waals surface area contributed by atoms with Crippen molar-refractivity contribution in [2.75, 3.05) is 18.1 Å². The summed E-state index contributed by atoms with van der Waals surface area (Å²) in [6.45, 7) is 0.507. The van der Waals surface area contributed by atoms with Gasteiger partial charge in [0.15, 0.2) is 0 Å². The summed E-state index contributed by atoms with van der Waals surface area (Å²) >= 11 is 0. The van der Waals surface area contributed by atoms with Crippen LogP contribution in [0.15, 0.2) is 88.7 Å². The normalized spacial score (nSPS) is 17.7. The van der Waals surface area contributed by atoms with Gasteiger partial charge in [-0.2, -0.15) is 0 Å². The Hall–Kier alpha value is -3.00. The molecular formula is C22H17NO5S. The van der Waals surface area contributed by atoms with Crippen molar-refractivity contribution in [2.24, 2.45) is 0 Å². The largest absolute Gasteiger partial charge is 0.336 e. The predicted octanol–water partition coefficient (Wildman–Crippen LogP) is 3.40. The highest BCUT2D eigenvalue weighted by Crippen LogP contribution is 2.49. The third kappa shape index (κ3) is 2.62. The van der Waals surface area contributed by atoms with Gasteiger partial charge in [0.2, 0.25) is 9.84 Å². The molecule has 7 heteroatoms. The lowest BCUT2D eigenvalue weighted by Gasteiger charge is -2.22. The zero-order valence-electron chi connectivity index (χ0n) is 15.3. The van der Waals surface area contributed by atoms with Crippen LogP contribution in [0, 0.1) is 0 Å². The van der Waals surface area contributed by atoms with Crippen molar-refractivity contribution in [1.29, 1.82) is 0 Å². The second kappa shape index (κ2) is 6.52. The molecule has 0 aliphatic carbocycles. The Morgan fingerprint density at radius 1 is 0.793 bits per heavy atom. The van der Waals surface area contributed by atoms with Gasteiger partial charge in [-0.15, -0.1) is 0 Å². The lowest BCUT2D eigenvalue weighted by molar-refractivity contribution is -0.180. The van der Waals surface area contributed by atoms with Crippen molar-refractivity contribution in [3.63, 3.8) is 0 Å². The smallest absolute Gasteiger partial charge is 0.297 e. The van der Waals surface area contributed by atoms with E-state index in [1.54, 1.807) is 36.4 Å². The molecule has 0 bridgehead atoms. The first-order valence-corrected chi connectivity index (χ1v) is 10.6. The SMILES string of the molecule is O=C1N(c2ccccc2)c2ccc(S(=O)(=O)c3ccccc3)cc2C12OCCO2. The first-order valence-electron chi connectivity index (χ1n) is 9.16. The lowest BCUT2D eigenvalue weighted by atomic mass is 10.1. The van der Waals surface area contributed by atoms with Gasteiger partial charge in [0.05, 0.1) is 28.7 Å². The fraction of sp³-hybridized carbons (Fsp3) is 0.136. The molecule has 0 unspecified atom stereocenters. The molecular weight excluding hydrogens is 390 g/mol. The van der Waals surface area contributed by atoms with Crippen LogP contribution in [-0.2, 0) is 29.9 Å². The molecule has 2 aliphatic heterocycles. The maximum Gasteiger partial charge on any atom is 0.297 e. The van der Waals surface area contributed by atoms with E-state index in [2.05, 4.69) is 0 Å². The second-order valence-corrected chi connectivity index (χ2v) is 8.73. The number of ether oxygens (including phenoxy) is 2. The number of amides is 1. The Morgan fingerprint density at radius 3 is 2.07 bits per heavy atom. The molecule has 1 fully saturated rings. The van der Waals surface area contributed by atoms with Gasteiger partial charge in [0.1, 0.15) is 0 Å². The van der Waals surface area contributed by atoms with Crippen molar-refractivity contribution < 1.29 is 22.7 Å². The highest BCUT2D eigenvalue weighted by molar-refractivity contribution is 7.91. The number of carbonyl (C=O) groups excluding carboxylic acids is 1. The van der Waals surface area contributed by atoms with Crippen LogP contribution in [0.3, 0.4) is 0 Å². The molecule has 2 aliphatic rings. The van der Waals surface area contributed by atoms with Crippen LogP contribution in [0.4, 0.5) is 11.4 Å². The third-order valence-corrected chi connectivity index (χ3v) is 6.89. The maximum absolute atomic E-state index is 13.3. The number of hydrogen-bond donors (Lipinski definition) is 0. The number of benzene rings is 3. The Bertz CT molecular complexity index is 1190. The number of nitrogens with zero attached hydrogens (tertiary/aromatic N) is 1. The molecule has 0 N–H and O–H groups in total. The summed E-state index contributed by atoms with van der Waals surface area (Å²) in [5.41, 5.74) is 1.62. The number of para-hydroxylation sites is 1. The average Bonchev–Trinajstić information content (AvgIpc) is 3.34. The Kier molecular flexibility index (Phi) is 4.06. The predicted molar refractivity (Wildman–Crippen MR) is 106 cm³/mol. The number of sulfone groups is 1. The molecule has 6 nitrogen and oxygen atoms in total. The van der Waals surface area contributed by atoms with Crippen molar-refractivity contribution in [3.05, 3.63) is 84.4 Å². The van der Waals surface area contributed by atoms with Crippen LogP contribution in [0.2, 0.25) is 0 Å². The summed E-state index contributed by atoms with van der Waals surface area (Å²) in [4.78, 5) is 15.1. The van der Waals surface area contributed by atoms with E-state index in [1.807, 2.05) is 30.3 Å². The van der Waals surface area contributed by atoms with Crippen molar-refractivity contribution in [1.82, 2.24) is 0 Å². The summed E-state index contributed by atoms with van der Waals surface area (Å²) in [5, 5.41) is 0. The van der Waals surface area contributed by atoms with E-state index in [0.717, 1.165) is 0 Å². The van der Waals surface area contributed by atoms with Gasteiger partial charge in [-0.05, 0) is 42.5 Å². The molecule has 2 heterocycles. The van der Waals surface area contributed by atoms with Crippen molar-refractivity contribution >= 4 is 27.1 Å². The standard InChI is InChI=1S/C22H17NO5S/c24-21-22(27-13-14-28-22)19-15-18(29(25,26)17-9-5-2-6-10-17)11-12-20(19)23(21)16-7-3-1-4-8-16/h1-12,15H,13-14H2. The van der Waals surface area contributed by atoms with Crippen LogP contribution in [0.25, 0.3) is 0 Å². The molecule has 146 valence electrons. The second-order valence-electron chi connectivity index (χ2n) is 6.79. The monoisotopic (exact) mass is 407 g/mol. The minimum Gasteiger partial charge on any atom is -0.336 e. The van der Waals surface area contributed by atoms with Crippen LogP contribution < -0.4 is 4.90 Å². The fourth-order valence-electron chi connectivity index (χ4n) is 3.77. The van der Waals surface area contributed by atoms with Crippen LogP contribution in [0.1, 0.15) is 5.56 Å². The number of carbonyl (C=O) groups is 1. The van der Waals surface area contributed by atoms with E-state index in [0.29, 0.717) is 16.9 Å². The topological polar surface area (TPSA) is 72.9 Å². The van der Waals surface area contributed by atoms with Gasteiger partial charge in [0.25, 0.3) is 11.7 Å². The first-order chi connectivity index (χ1) is 14.0. The van der Waals surface area contributed by atoms with Gasteiger partial charge in [-0.3, -0.25) is 9.69 Å². The Labute approximate surface area is 168 Å². The zero-order valence-corrected chi connectivity index (χ0v) is 16.1. The quantitative estimate of drug-likeness (QED) is 0.665. The number of fused-ring (bicyclic) bond motifs is 2. The Morgan fingerprint density at radius 2 is 1.41 bits per heavy atom. The highest BCUT2D eigenvalue weighted by atomic mass is 32.2. The van der Waals surface area contributed by atoms with Crippen LogP contribution >= 0.6 is 0 Å². The number of anilines is 2. The molecule has 0 aromatic heterocycles. The molecule has 3 aromatic carbocycles. The molecule has 1 spiro atoms. The molecule has 1 saturated heterocycles. The molecule has 1 amide bonds. The van der Waals surface area contributed by atoms with E-state index in [-0.39, 0.29) is 28.9 Å². The minimum atomic E-state index is -3.75. The van der Waals surface area contributed by atoms with Gasteiger partial charge in [-0.25, -0.2) is 8.42 Å². The summed E-state index contributed by atoms with van der Waals surface area (Å²) < 4.78 is 37.7. The summed E-state index contributed by atoms with van der Waals surface area (Å²) in [6.07, 6.45) is 0. The van der Waals surface area contributed by atoms with Crippen molar-refractivity contribution in [3.8, 4) is 0 Å². The van der Waals surface area contributed by atoms with Gasteiger partial charge >= 0.3 is 0 Å². The zero-order chi connectivity index (χ0) is 20.1. The maximum atomic E-state index is 13.3. The average molecular weight is 407 g/mol. The van der Waals surface area contributed by atoms with Crippen molar-refractivity contribution in [2.45, 2.75) is 15.6 Å². The molecule has 5 rings (SSSR count). The highest BCUT2D eigenvalue weighted by Gasteiger charge is 2.56. The van der Waals surface area contributed by atoms with Gasteiger partial charge in [-0.1, -0.05) is 36.4 Å². The van der Waals surface area contributed by atoms with E-state index < -0.39 is 15.6 Å². The van der Waals surface area contributed by atoms with E-state index in [4.69, 9.17) is 9.47 Å². The molecule has 3 aromatic rings. The first kappa shape index (κ1) is 18.1. The number of rotatable bonds is 3. The molecule has 0 saturated carbocycles. The summed E-state index contributed by atoms with van der Waals surface area (Å²) in [6, 6.07) is 22.0. The lowest BCUT2D eigenvalue weighted by Crippen LogP contribution is -2.39. The van der Waals surface area contributed by atoms with Gasteiger partial charge in [0, 0.05) is 11.3 Å². The molecule has 0 atom stereocenters. The summed E-state index contributed by atoms with van der Waals surface area (Å²) in [7, 11) is -3.75. The third-order valence-electron chi connectivity index (χ3n) is 5.12. The van der Waals surface area contributed by atoms with Crippen LogP contribution in [-0.4, -0.2) is 27.5 Å². The summed E-state index contributed by atoms with van der Waals surface area (Å²) in [5.74, 6) is -2.00. The number of hydrogen-bond acceptors (Lipinski definition) is 5. The minimum absolute atomic E-state index is 0.0867. The van der Waals surface area contributed by atoms with E-state index in [9.17, 15) is 13.2 Å². The van der Waals surface area contributed by atoms with Crippen LogP contribution in [0.5, 0.6) is 0 Å². The molecule has 0 radical (unpaired) electrons. The molecule has 29 heavy (non-hydrogen) atoms.